The highest BCUT2D eigenvalue weighted by Crippen LogP contribution is 2.32. The van der Waals surface area contributed by atoms with Crippen molar-refractivity contribution in [1.29, 1.82) is 0 Å². The van der Waals surface area contributed by atoms with Gasteiger partial charge in [0.15, 0.2) is 23.0 Å². The van der Waals surface area contributed by atoms with Gasteiger partial charge in [0.25, 0.3) is 5.91 Å². The number of nitrogen functional groups attached to an aromatic ring is 1. The van der Waals surface area contributed by atoms with Crippen molar-refractivity contribution in [2.24, 2.45) is 0 Å². The summed E-state index contributed by atoms with van der Waals surface area (Å²) in [6.45, 7) is 0.877. The van der Waals surface area contributed by atoms with Crippen LogP contribution in [0.4, 0.5) is 5.82 Å². The Morgan fingerprint density at radius 1 is 1.19 bits per heavy atom. The minimum absolute atomic E-state index is 0.0813. The summed E-state index contributed by atoms with van der Waals surface area (Å²) in [6, 6.07) is 12.8. The molecule has 0 radical (unpaired) electrons. The Hall–Kier alpha value is -3.26. The number of hydrogen-bond acceptors (Lipinski definition) is 6. The van der Waals surface area contributed by atoms with E-state index in [0.717, 1.165) is 11.1 Å². The molecule has 3 aromatic rings. The zero-order chi connectivity index (χ0) is 18.8. The minimum Gasteiger partial charge on any atom is -0.454 e. The standard InChI is InChI=1S/C18H16ClN5O3/c19-13-3-1-2-12(6-13)9-24-17(20)16(22-23-24)18(25)21-8-11-4-5-14-15(7-11)27-10-26-14/h1-7H,8-10,20H2,(H,21,25). The van der Waals surface area contributed by atoms with E-state index in [1.807, 2.05) is 30.3 Å². The number of anilines is 1. The second-order valence-corrected chi connectivity index (χ2v) is 6.42. The van der Waals surface area contributed by atoms with Crippen LogP contribution in [0.2, 0.25) is 5.02 Å². The second kappa shape index (κ2) is 7.16. The predicted octanol–water partition coefficient (Wildman–Crippen LogP) is 2.22. The minimum atomic E-state index is -0.400. The lowest BCUT2D eigenvalue weighted by Gasteiger charge is -2.06. The number of benzene rings is 2. The molecule has 0 atom stereocenters. The van der Waals surface area contributed by atoms with Gasteiger partial charge in [0, 0.05) is 11.6 Å². The van der Waals surface area contributed by atoms with Crippen LogP contribution in [0.1, 0.15) is 21.6 Å². The summed E-state index contributed by atoms with van der Waals surface area (Å²) in [5.41, 5.74) is 7.90. The molecule has 2 heterocycles. The van der Waals surface area contributed by atoms with Crippen molar-refractivity contribution < 1.29 is 14.3 Å². The van der Waals surface area contributed by atoms with Crippen molar-refractivity contribution >= 4 is 23.3 Å². The largest absolute Gasteiger partial charge is 0.454 e. The molecule has 1 aliphatic rings. The molecule has 0 saturated heterocycles. The summed E-state index contributed by atoms with van der Waals surface area (Å²) in [5.74, 6) is 1.15. The quantitative estimate of drug-likeness (QED) is 0.697. The van der Waals surface area contributed by atoms with E-state index < -0.39 is 5.91 Å². The first-order chi connectivity index (χ1) is 13.1. The summed E-state index contributed by atoms with van der Waals surface area (Å²) < 4.78 is 12.1. The van der Waals surface area contributed by atoms with E-state index in [1.165, 1.54) is 4.68 Å². The number of aromatic nitrogens is 3. The molecule has 2 aromatic carbocycles. The molecule has 0 unspecified atom stereocenters. The van der Waals surface area contributed by atoms with Crippen LogP contribution in [-0.4, -0.2) is 27.7 Å². The molecule has 0 spiro atoms. The van der Waals surface area contributed by atoms with Crippen LogP contribution in [0.25, 0.3) is 0 Å². The van der Waals surface area contributed by atoms with Crippen LogP contribution in [-0.2, 0) is 13.1 Å². The van der Waals surface area contributed by atoms with E-state index in [9.17, 15) is 4.79 Å². The van der Waals surface area contributed by atoms with Gasteiger partial charge >= 0.3 is 0 Å². The topological polar surface area (TPSA) is 104 Å². The molecule has 0 bridgehead atoms. The molecule has 1 aromatic heterocycles. The predicted molar refractivity (Wildman–Crippen MR) is 98.7 cm³/mol. The Bertz CT molecular complexity index is 1000. The van der Waals surface area contributed by atoms with Gasteiger partial charge in [-0.3, -0.25) is 4.79 Å². The van der Waals surface area contributed by atoms with Gasteiger partial charge in [0.05, 0.1) is 6.54 Å². The molecule has 4 rings (SSSR count). The summed E-state index contributed by atoms with van der Waals surface area (Å²) in [5, 5.41) is 11.3. The Morgan fingerprint density at radius 2 is 2.04 bits per heavy atom. The zero-order valence-corrected chi connectivity index (χ0v) is 14.9. The maximum absolute atomic E-state index is 12.4. The van der Waals surface area contributed by atoms with E-state index >= 15 is 0 Å². The molecule has 27 heavy (non-hydrogen) atoms. The van der Waals surface area contributed by atoms with Gasteiger partial charge in [0.2, 0.25) is 6.79 Å². The Labute approximate surface area is 159 Å². The molecule has 1 aliphatic heterocycles. The van der Waals surface area contributed by atoms with Gasteiger partial charge in [0.1, 0.15) is 0 Å². The van der Waals surface area contributed by atoms with Crippen molar-refractivity contribution in [3.63, 3.8) is 0 Å². The number of ether oxygens (including phenoxy) is 2. The average molecular weight is 386 g/mol. The van der Waals surface area contributed by atoms with Crippen LogP contribution >= 0.6 is 11.6 Å². The molecule has 1 amide bonds. The highest BCUT2D eigenvalue weighted by molar-refractivity contribution is 6.30. The summed E-state index contributed by atoms with van der Waals surface area (Å²) >= 11 is 5.98. The maximum Gasteiger partial charge on any atom is 0.275 e. The molecular weight excluding hydrogens is 370 g/mol. The first-order valence-corrected chi connectivity index (χ1v) is 8.58. The van der Waals surface area contributed by atoms with Gasteiger partial charge < -0.3 is 20.5 Å². The van der Waals surface area contributed by atoms with Crippen LogP contribution in [0.15, 0.2) is 42.5 Å². The number of hydrogen-bond donors (Lipinski definition) is 2. The Morgan fingerprint density at radius 3 is 2.89 bits per heavy atom. The number of rotatable bonds is 5. The van der Waals surface area contributed by atoms with Gasteiger partial charge in [-0.15, -0.1) is 5.10 Å². The normalized spacial score (nSPS) is 12.2. The van der Waals surface area contributed by atoms with Crippen molar-refractivity contribution in [2.75, 3.05) is 12.5 Å². The first-order valence-electron chi connectivity index (χ1n) is 8.20. The molecule has 0 fully saturated rings. The number of amides is 1. The fraction of sp³-hybridized carbons (Fsp3) is 0.167. The van der Waals surface area contributed by atoms with Crippen LogP contribution in [0.3, 0.4) is 0 Å². The zero-order valence-electron chi connectivity index (χ0n) is 14.2. The third-order valence-electron chi connectivity index (χ3n) is 4.10. The van der Waals surface area contributed by atoms with Crippen molar-refractivity contribution in [3.05, 3.63) is 64.3 Å². The number of nitrogens with one attached hydrogen (secondary N) is 1. The van der Waals surface area contributed by atoms with Crippen LogP contribution in [0, 0.1) is 0 Å². The lowest BCUT2D eigenvalue weighted by Crippen LogP contribution is -2.24. The SMILES string of the molecule is Nc1c(C(=O)NCc2ccc3c(c2)OCO3)nnn1Cc1cccc(Cl)c1. The third-order valence-corrected chi connectivity index (χ3v) is 4.33. The summed E-state index contributed by atoms with van der Waals surface area (Å²) in [4.78, 5) is 12.4. The molecule has 138 valence electrons. The molecular formula is C18H16ClN5O3. The van der Waals surface area contributed by atoms with Crippen molar-refractivity contribution in [1.82, 2.24) is 20.3 Å². The van der Waals surface area contributed by atoms with Crippen LogP contribution < -0.4 is 20.5 Å². The molecule has 9 heteroatoms. The van der Waals surface area contributed by atoms with E-state index in [2.05, 4.69) is 15.6 Å². The molecule has 3 N–H and O–H groups in total. The van der Waals surface area contributed by atoms with Crippen molar-refractivity contribution in [3.8, 4) is 11.5 Å². The summed E-state index contributed by atoms with van der Waals surface area (Å²) in [6.07, 6.45) is 0. The van der Waals surface area contributed by atoms with Gasteiger partial charge in [-0.25, -0.2) is 4.68 Å². The maximum atomic E-state index is 12.4. The smallest absolute Gasteiger partial charge is 0.275 e. The lowest BCUT2D eigenvalue weighted by molar-refractivity contribution is 0.0946. The number of halogens is 1. The molecule has 0 saturated carbocycles. The van der Waals surface area contributed by atoms with Crippen molar-refractivity contribution in [2.45, 2.75) is 13.1 Å². The third kappa shape index (κ3) is 3.65. The number of carbonyl (C=O) groups is 1. The first kappa shape index (κ1) is 17.2. The Kier molecular flexibility index (Phi) is 4.55. The second-order valence-electron chi connectivity index (χ2n) is 5.98. The number of fused-ring (bicyclic) bond motifs is 1. The highest BCUT2D eigenvalue weighted by Gasteiger charge is 2.18. The fourth-order valence-electron chi connectivity index (χ4n) is 2.72. The van der Waals surface area contributed by atoms with E-state index in [1.54, 1.807) is 12.1 Å². The fourth-order valence-corrected chi connectivity index (χ4v) is 2.94. The molecule has 0 aliphatic carbocycles. The van der Waals surface area contributed by atoms with Gasteiger partial charge in [-0.1, -0.05) is 35.0 Å². The summed E-state index contributed by atoms with van der Waals surface area (Å²) in [7, 11) is 0. The monoisotopic (exact) mass is 385 g/mol. The number of nitrogens with two attached hydrogens (primary N) is 1. The lowest BCUT2D eigenvalue weighted by atomic mass is 10.2. The van der Waals surface area contributed by atoms with E-state index in [-0.39, 0.29) is 18.3 Å². The van der Waals surface area contributed by atoms with E-state index in [4.69, 9.17) is 26.8 Å². The van der Waals surface area contributed by atoms with Gasteiger partial charge in [-0.2, -0.15) is 0 Å². The highest BCUT2D eigenvalue weighted by atomic mass is 35.5. The average Bonchev–Trinajstić information content (AvgIpc) is 3.26. The number of carbonyl (C=O) groups excluding carboxylic acids is 1. The van der Waals surface area contributed by atoms with E-state index in [0.29, 0.717) is 29.6 Å². The number of nitrogens with zero attached hydrogens (tertiary/aromatic N) is 3. The van der Waals surface area contributed by atoms with Crippen LogP contribution in [0.5, 0.6) is 11.5 Å². The molecule has 8 nitrogen and oxygen atoms in total. The Balaban J connectivity index is 1.42. The van der Waals surface area contributed by atoms with Gasteiger partial charge in [-0.05, 0) is 35.4 Å².